The van der Waals surface area contributed by atoms with Crippen molar-refractivity contribution in [1.29, 1.82) is 0 Å². The van der Waals surface area contributed by atoms with E-state index in [1.807, 2.05) is 30.3 Å². The first-order chi connectivity index (χ1) is 16.0. The Morgan fingerprint density at radius 3 is 2.39 bits per heavy atom. The molecule has 1 aliphatic heterocycles. The number of benzene rings is 2. The van der Waals surface area contributed by atoms with E-state index in [9.17, 15) is 13.2 Å². The highest BCUT2D eigenvalue weighted by Crippen LogP contribution is 2.31. The molecule has 4 aromatic rings. The van der Waals surface area contributed by atoms with Crippen LogP contribution in [0.2, 0.25) is 0 Å². The van der Waals surface area contributed by atoms with Gasteiger partial charge in [-0.3, -0.25) is 0 Å². The second kappa shape index (κ2) is 8.67. The summed E-state index contributed by atoms with van der Waals surface area (Å²) < 4.78 is 43.9. The van der Waals surface area contributed by atoms with E-state index in [1.165, 1.54) is 18.5 Å². The Morgan fingerprint density at radius 1 is 0.879 bits per heavy atom. The molecule has 1 fully saturated rings. The summed E-state index contributed by atoms with van der Waals surface area (Å²) in [6, 6.07) is 16.5. The number of morpholine rings is 1. The molecule has 2 aromatic carbocycles. The van der Waals surface area contributed by atoms with Crippen LogP contribution in [0.5, 0.6) is 0 Å². The molecule has 0 unspecified atom stereocenters. The van der Waals surface area contributed by atoms with E-state index >= 15 is 0 Å². The minimum Gasteiger partial charge on any atom is -0.378 e. The third-order valence-corrected chi connectivity index (χ3v) is 5.46. The summed E-state index contributed by atoms with van der Waals surface area (Å²) >= 11 is 0. The van der Waals surface area contributed by atoms with Gasteiger partial charge in [-0.05, 0) is 36.4 Å². The molecule has 3 heterocycles. The SMILES string of the molecule is FC(F)(F)c1ccc(-c2cc(Nc3ccc4ccc(N5CCOCC5)nc4c3)ncn2)cc1. The Labute approximate surface area is 188 Å². The molecule has 1 saturated heterocycles. The van der Waals surface area contributed by atoms with Crippen LogP contribution in [0.1, 0.15) is 5.56 Å². The fourth-order valence-corrected chi connectivity index (χ4v) is 3.71. The van der Waals surface area contributed by atoms with E-state index in [0.29, 0.717) is 30.3 Å². The number of hydrogen-bond donors (Lipinski definition) is 1. The maximum absolute atomic E-state index is 12.8. The number of ether oxygens (including phenoxy) is 1. The van der Waals surface area contributed by atoms with Crippen molar-refractivity contribution in [3.63, 3.8) is 0 Å². The molecule has 0 spiro atoms. The number of aromatic nitrogens is 3. The molecule has 1 aliphatic rings. The molecule has 33 heavy (non-hydrogen) atoms. The predicted molar refractivity (Wildman–Crippen MR) is 121 cm³/mol. The van der Waals surface area contributed by atoms with E-state index in [0.717, 1.165) is 47.6 Å². The van der Waals surface area contributed by atoms with Crippen LogP contribution in [0, 0.1) is 0 Å². The summed E-state index contributed by atoms with van der Waals surface area (Å²) in [6.45, 7) is 3.00. The van der Waals surface area contributed by atoms with E-state index in [1.54, 1.807) is 6.07 Å². The highest BCUT2D eigenvalue weighted by molar-refractivity contribution is 5.84. The van der Waals surface area contributed by atoms with Gasteiger partial charge in [-0.2, -0.15) is 13.2 Å². The van der Waals surface area contributed by atoms with Gasteiger partial charge in [0.05, 0.1) is 30.0 Å². The molecule has 0 radical (unpaired) electrons. The van der Waals surface area contributed by atoms with Crippen molar-refractivity contribution >= 4 is 28.2 Å². The van der Waals surface area contributed by atoms with Crippen LogP contribution in [-0.4, -0.2) is 41.3 Å². The second-order valence-corrected chi connectivity index (χ2v) is 7.66. The van der Waals surface area contributed by atoms with E-state index < -0.39 is 11.7 Å². The summed E-state index contributed by atoms with van der Waals surface area (Å²) in [5.41, 5.74) is 2.05. The third-order valence-electron chi connectivity index (χ3n) is 5.46. The lowest BCUT2D eigenvalue weighted by Crippen LogP contribution is -2.36. The number of alkyl halides is 3. The van der Waals surface area contributed by atoms with Crippen molar-refractivity contribution in [2.45, 2.75) is 6.18 Å². The summed E-state index contributed by atoms with van der Waals surface area (Å²) in [4.78, 5) is 15.4. The topological polar surface area (TPSA) is 63.2 Å². The van der Waals surface area contributed by atoms with Crippen LogP contribution >= 0.6 is 0 Å². The van der Waals surface area contributed by atoms with Crippen LogP contribution in [-0.2, 0) is 10.9 Å². The standard InChI is InChI=1S/C24H20F3N5O/c25-24(26,27)18-5-1-16(2-6-18)20-14-22(29-15-28-20)30-19-7-3-17-4-8-23(31-21(17)13-19)32-9-11-33-12-10-32/h1-8,13-15H,9-12H2,(H,28,29,30). The number of fused-ring (bicyclic) bond motifs is 1. The van der Waals surface area contributed by atoms with Gasteiger partial charge in [0.1, 0.15) is 18.0 Å². The smallest absolute Gasteiger partial charge is 0.378 e. The average Bonchev–Trinajstić information content (AvgIpc) is 2.84. The van der Waals surface area contributed by atoms with Gasteiger partial charge < -0.3 is 15.0 Å². The maximum atomic E-state index is 12.8. The lowest BCUT2D eigenvalue weighted by molar-refractivity contribution is -0.137. The van der Waals surface area contributed by atoms with Crippen molar-refractivity contribution < 1.29 is 17.9 Å². The Morgan fingerprint density at radius 2 is 1.64 bits per heavy atom. The molecule has 0 atom stereocenters. The number of anilines is 3. The molecule has 0 saturated carbocycles. The molecule has 0 amide bonds. The highest BCUT2D eigenvalue weighted by atomic mass is 19.4. The molecule has 0 bridgehead atoms. The number of nitrogens with zero attached hydrogens (tertiary/aromatic N) is 4. The Balaban J connectivity index is 1.38. The summed E-state index contributed by atoms with van der Waals surface area (Å²) in [5, 5.41) is 4.26. The first kappa shape index (κ1) is 21.1. The normalized spacial score (nSPS) is 14.5. The molecule has 1 N–H and O–H groups in total. The fourth-order valence-electron chi connectivity index (χ4n) is 3.71. The Kier molecular flexibility index (Phi) is 5.55. The summed E-state index contributed by atoms with van der Waals surface area (Å²) in [7, 11) is 0. The summed E-state index contributed by atoms with van der Waals surface area (Å²) in [6.07, 6.45) is -2.99. The van der Waals surface area contributed by atoms with Crippen molar-refractivity contribution in [2.75, 3.05) is 36.5 Å². The lowest BCUT2D eigenvalue weighted by atomic mass is 10.1. The molecular weight excluding hydrogens is 431 g/mol. The zero-order valence-corrected chi connectivity index (χ0v) is 17.5. The summed E-state index contributed by atoms with van der Waals surface area (Å²) in [5.74, 6) is 1.44. The quantitative estimate of drug-likeness (QED) is 0.455. The minimum absolute atomic E-state index is 0.523. The van der Waals surface area contributed by atoms with Gasteiger partial charge in [0, 0.05) is 35.8 Å². The monoisotopic (exact) mass is 451 g/mol. The van der Waals surface area contributed by atoms with Crippen molar-refractivity contribution in [3.8, 4) is 11.3 Å². The van der Waals surface area contributed by atoms with Crippen LogP contribution in [0.25, 0.3) is 22.2 Å². The first-order valence-corrected chi connectivity index (χ1v) is 10.5. The Bertz CT molecular complexity index is 1270. The van der Waals surface area contributed by atoms with Gasteiger partial charge in [-0.1, -0.05) is 18.2 Å². The number of nitrogens with one attached hydrogen (secondary N) is 1. The zero-order chi connectivity index (χ0) is 22.8. The maximum Gasteiger partial charge on any atom is 0.416 e. The molecule has 6 nitrogen and oxygen atoms in total. The number of halogens is 3. The predicted octanol–water partition coefficient (Wildman–Crippen LogP) is 5.29. The Hall–Kier alpha value is -3.72. The molecule has 2 aromatic heterocycles. The zero-order valence-electron chi connectivity index (χ0n) is 17.5. The third kappa shape index (κ3) is 4.73. The minimum atomic E-state index is -4.37. The van der Waals surface area contributed by atoms with E-state index in [4.69, 9.17) is 9.72 Å². The van der Waals surface area contributed by atoms with Crippen LogP contribution in [0.3, 0.4) is 0 Å². The molecule has 0 aliphatic carbocycles. The largest absolute Gasteiger partial charge is 0.416 e. The van der Waals surface area contributed by atoms with Gasteiger partial charge in [-0.15, -0.1) is 0 Å². The second-order valence-electron chi connectivity index (χ2n) is 7.66. The number of hydrogen-bond acceptors (Lipinski definition) is 6. The van der Waals surface area contributed by atoms with Gasteiger partial charge >= 0.3 is 6.18 Å². The van der Waals surface area contributed by atoms with Crippen LogP contribution < -0.4 is 10.2 Å². The fraction of sp³-hybridized carbons (Fsp3) is 0.208. The van der Waals surface area contributed by atoms with Crippen LogP contribution in [0.4, 0.5) is 30.5 Å². The van der Waals surface area contributed by atoms with Crippen LogP contribution in [0.15, 0.2) is 67.0 Å². The molecule has 168 valence electrons. The van der Waals surface area contributed by atoms with Gasteiger partial charge in [0.15, 0.2) is 0 Å². The van der Waals surface area contributed by atoms with E-state index in [2.05, 4.69) is 20.2 Å². The molecular formula is C24H20F3N5O. The van der Waals surface area contributed by atoms with E-state index in [-0.39, 0.29) is 0 Å². The average molecular weight is 451 g/mol. The first-order valence-electron chi connectivity index (χ1n) is 10.5. The van der Waals surface area contributed by atoms with Crippen molar-refractivity contribution in [1.82, 2.24) is 15.0 Å². The lowest BCUT2D eigenvalue weighted by Gasteiger charge is -2.27. The van der Waals surface area contributed by atoms with Gasteiger partial charge in [0.2, 0.25) is 0 Å². The number of rotatable bonds is 4. The van der Waals surface area contributed by atoms with Gasteiger partial charge in [0.25, 0.3) is 0 Å². The van der Waals surface area contributed by atoms with Crippen molar-refractivity contribution in [3.05, 3.63) is 72.6 Å². The molecule has 9 heteroatoms. The highest BCUT2D eigenvalue weighted by Gasteiger charge is 2.30. The van der Waals surface area contributed by atoms with Gasteiger partial charge in [-0.25, -0.2) is 15.0 Å². The van der Waals surface area contributed by atoms with Crippen molar-refractivity contribution in [2.24, 2.45) is 0 Å². The number of pyridine rings is 1. The molecule has 5 rings (SSSR count).